The van der Waals surface area contributed by atoms with Crippen LogP contribution in [-0.2, 0) is 5.41 Å². The van der Waals surface area contributed by atoms with Crippen molar-refractivity contribution in [1.29, 1.82) is 0 Å². The van der Waals surface area contributed by atoms with Crippen LogP contribution in [0.15, 0.2) is 188 Å². The second-order valence-corrected chi connectivity index (χ2v) is 16.4. The summed E-state index contributed by atoms with van der Waals surface area (Å²) in [7, 11) is 0. The summed E-state index contributed by atoms with van der Waals surface area (Å²) in [5.41, 5.74) is 13.7. The lowest BCUT2D eigenvalue weighted by Crippen LogP contribution is -2.14. The number of benzene rings is 9. The molecular formula is C53H37NS. The highest BCUT2D eigenvalue weighted by atomic mass is 32.1. The van der Waals surface area contributed by atoms with Crippen molar-refractivity contribution in [2.24, 2.45) is 0 Å². The Morgan fingerprint density at radius 1 is 0.382 bits per heavy atom. The van der Waals surface area contributed by atoms with E-state index in [1.54, 1.807) is 0 Å². The summed E-state index contributed by atoms with van der Waals surface area (Å²) >= 11 is 1.87. The Kier molecular flexibility index (Phi) is 7.14. The van der Waals surface area contributed by atoms with Crippen LogP contribution in [0, 0.1) is 0 Å². The number of rotatable bonds is 5. The molecular weight excluding hydrogens is 683 g/mol. The van der Waals surface area contributed by atoms with Crippen LogP contribution in [0.2, 0.25) is 0 Å². The monoisotopic (exact) mass is 719 g/mol. The Labute approximate surface area is 325 Å². The maximum Gasteiger partial charge on any atom is 0.0476 e. The number of hydrogen-bond acceptors (Lipinski definition) is 2. The topological polar surface area (TPSA) is 3.24 Å². The van der Waals surface area contributed by atoms with Gasteiger partial charge in [0, 0.05) is 42.6 Å². The van der Waals surface area contributed by atoms with Crippen LogP contribution in [-0.4, -0.2) is 0 Å². The Morgan fingerprint density at radius 2 is 1.04 bits per heavy atom. The molecule has 0 radical (unpaired) electrons. The normalized spacial score (nSPS) is 13.1. The zero-order chi connectivity index (χ0) is 36.7. The van der Waals surface area contributed by atoms with E-state index in [1.807, 2.05) is 11.3 Å². The first kappa shape index (κ1) is 32.0. The average molecular weight is 720 g/mol. The van der Waals surface area contributed by atoms with Crippen molar-refractivity contribution in [2.45, 2.75) is 19.3 Å². The van der Waals surface area contributed by atoms with E-state index in [4.69, 9.17) is 0 Å². The smallest absolute Gasteiger partial charge is 0.0476 e. The summed E-state index contributed by atoms with van der Waals surface area (Å²) < 4.78 is 2.61. The first-order valence-electron chi connectivity index (χ1n) is 19.1. The number of thiophene rings is 1. The predicted molar refractivity (Wildman–Crippen MR) is 237 cm³/mol. The van der Waals surface area contributed by atoms with Crippen LogP contribution in [0.4, 0.5) is 17.1 Å². The van der Waals surface area contributed by atoms with Gasteiger partial charge in [0.25, 0.3) is 0 Å². The molecule has 0 saturated heterocycles. The SMILES string of the molecule is CC1(C)c2ccccc2-c2cc3ccc(N(c4cccc(-c5cccc6cccc(-c7ccccc7)c56)c4)c4ccc5c(c4)sc4ccccc45)cc3cc21. The molecule has 0 amide bonds. The summed E-state index contributed by atoms with van der Waals surface area (Å²) in [6.07, 6.45) is 0. The van der Waals surface area contributed by atoms with Crippen LogP contribution in [0.1, 0.15) is 25.0 Å². The molecule has 1 aliphatic carbocycles. The van der Waals surface area contributed by atoms with Crippen molar-refractivity contribution < 1.29 is 0 Å². The Morgan fingerprint density at radius 3 is 1.91 bits per heavy atom. The fourth-order valence-electron chi connectivity index (χ4n) is 9.13. The number of nitrogens with zero attached hydrogens (tertiary/aromatic N) is 1. The maximum atomic E-state index is 2.45. The third-order valence-corrected chi connectivity index (χ3v) is 12.9. The first-order chi connectivity index (χ1) is 27.0. The summed E-state index contributed by atoms with van der Waals surface area (Å²) in [4.78, 5) is 2.45. The van der Waals surface area contributed by atoms with Gasteiger partial charge in [0.15, 0.2) is 0 Å². The van der Waals surface area contributed by atoms with Gasteiger partial charge in [0.05, 0.1) is 0 Å². The Bertz CT molecular complexity index is 3130. The molecule has 55 heavy (non-hydrogen) atoms. The second kappa shape index (κ2) is 12.3. The van der Waals surface area contributed by atoms with Gasteiger partial charge in [0.1, 0.15) is 0 Å². The molecule has 0 bridgehead atoms. The molecule has 11 rings (SSSR count). The highest BCUT2D eigenvalue weighted by molar-refractivity contribution is 7.25. The minimum absolute atomic E-state index is 0.0621. The van der Waals surface area contributed by atoms with E-state index in [2.05, 4.69) is 207 Å². The summed E-state index contributed by atoms with van der Waals surface area (Å²) in [5.74, 6) is 0. The van der Waals surface area contributed by atoms with E-state index in [1.165, 1.54) is 86.2 Å². The molecule has 0 N–H and O–H groups in total. The molecule has 0 spiro atoms. The number of anilines is 3. The molecule has 1 aliphatic rings. The van der Waals surface area contributed by atoms with E-state index in [0.717, 1.165) is 17.1 Å². The summed E-state index contributed by atoms with van der Waals surface area (Å²) in [5, 5.41) is 7.64. The average Bonchev–Trinajstić information content (AvgIpc) is 3.71. The zero-order valence-corrected chi connectivity index (χ0v) is 31.6. The standard InChI is InChI=1S/C53H37NS/c1-53(2)48-23-8-6-19-44(48)47-31-36-25-26-40(30-38(36)32-49(47)53)54(41-27-28-46-45-20-7-9-24-50(45)55-51(46)33-41)39-18-10-17-37(29-39)43-22-12-16-35-15-11-21-42(52(35)43)34-13-4-3-5-14-34/h3-33H,1-2H3. The molecule has 2 heteroatoms. The molecule has 1 heterocycles. The van der Waals surface area contributed by atoms with Gasteiger partial charge in [-0.25, -0.2) is 0 Å². The quantitative estimate of drug-likeness (QED) is 0.171. The Hall–Kier alpha value is -6.48. The third-order valence-electron chi connectivity index (χ3n) is 11.8. The zero-order valence-electron chi connectivity index (χ0n) is 30.8. The van der Waals surface area contributed by atoms with Crippen LogP contribution in [0.5, 0.6) is 0 Å². The second-order valence-electron chi connectivity index (χ2n) is 15.3. The van der Waals surface area contributed by atoms with Gasteiger partial charge < -0.3 is 4.90 Å². The summed E-state index contributed by atoms with van der Waals surface area (Å²) in [6, 6.07) is 69.7. The van der Waals surface area contributed by atoms with E-state index in [-0.39, 0.29) is 5.41 Å². The van der Waals surface area contributed by atoms with Gasteiger partial charge >= 0.3 is 0 Å². The largest absolute Gasteiger partial charge is 0.310 e. The molecule has 0 atom stereocenters. The fraction of sp³-hybridized carbons (Fsp3) is 0.0566. The van der Waals surface area contributed by atoms with Crippen LogP contribution < -0.4 is 4.90 Å². The molecule has 0 aliphatic heterocycles. The van der Waals surface area contributed by atoms with E-state index in [0.29, 0.717) is 0 Å². The molecule has 0 fully saturated rings. The molecule has 260 valence electrons. The highest BCUT2D eigenvalue weighted by Gasteiger charge is 2.35. The van der Waals surface area contributed by atoms with Gasteiger partial charge in [-0.3, -0.25) is 0 Å². The summed E-state index contributed by atoms with van der Waals surface area (Å²) in [6.45, 7) is 4.73. The molecule has 0 unspecified atom stereocenters. The first-order valence-corrected chi connectivity index (χ1v) is 19.9. The van der Waals surface area contributed by atoms with Crippen molar-refractivity contribution >= 4 is 70.1 Å². The van der Waals surface area contributed by atoms with Crippen molar-refractivity contribution in [2.75, 3.05) is 4.90 Å². The van der Waals surface area contributed by atoms with Gasteiger partial charge in [0.2, 0.25) is 0 Å². The van der Waals surface area contributed by atoms with Crippen molar-refractivity contribution in [3.63, 3.8) is 0 Å². The van der Waals surface area contributed by atoms with Gasteiger partial charge in [-0.05, 0) is 121 Å². The van der Waals surface area contributed by atoms with Crippen LogP contribution >= 0.6 is 11.3 Å². The molecule has 1 nitrogen and oxygen atoms in total. The van der Waals surface area contributed by atoms with Gasteiger partial charge in [-0.1, -0.05) is 147 Å². The van der Waals surface area contributed by atoms with Crippen molar-refractivity contribution in [1.82, 2.24) is 0 Å². The van der Waals surface area contributed by atoms with Gasteiger partial charge in [-0.2, -0.15) is 0 Å². The lowest BCUT2D eigenvalue weighted by molar-refractivity contribution is 0.661. The maximum absolute atomic E-state index is 2.45. The number of fused-ring (bicyclic) bond motifs is 8. The minimum Gasteiger partial charge on any atom is -0.310 e. The Balaban J connectivity index is 1.11. The highest BCUT2D eigenvalue weighted by Crippen LogP contribution is 2.50. The predicted octanol–water partition coefficient (Wildman–Crippen LogP) is 15.5. The molecule has 0 saturated carbocycles. The molecule has 1 aromatic heterocycles. The lowest BCUT2D eigenvalue weighted by atomic mass is 9.82. The fourth-order valence-corrected chi connectivity index (χ4v) is 10.3. The van der Waals surface area contributed by atoms with Gasteiger partial charge in [-0.15, -0.1) is 11.3 Å². The lowest BCUT2D eigenvalue weighted by Gasteiger charge is -2.27. The van der Waals surface area contributed by atoms with E-state index in [9.17, 15) is 0 Å². The minimum atomic E-state index is -0.0621. The van der Waals surface area contributed by atoms with Crippen LogP contribution in [0.3, 0.4) is 0 Å². The van der Waals surface area contributed by atoms with Crippen molar-refractivity contribution in [3.05, 3.63) is 199 Å². The van der Waals surface area contributed by atoms with Crippen LogP contribution in [0.25, 0.3) is 75.1 Å². The van der Waals surface area contributed by atoms with Crippen molar-refractivity contribution in [3.8, 4) is 33.4 Å². The molecule has 10 aromatic rings. The van der Waals surface area contributed by atoms with E-state index >= 15 is 0 Å². The van der Waals surface area contributed by atoms with E-state index < -0.39 is 0 Å². The molecule has 9 aromatic carbocycles. The third kappa shape index (κ3) is 5.06. The number of hydrogen-bond donors (Lipinski definition) is 0.